The zero-order chi connectivity index (χ0) is 99.8. The number of esters is 1. The number of nitrogens with zero attached hydrogens (tertiary/aromatic N) is 6. The fourth-order valence-electron chi connectivity index (χ4n) is 14.6. The summed E-state index contributed by atoms with van der Waals surface area (Å²) in [5.41, 5.74) is 25.9. The predicted molar refractivity (Wildman–Crippen MR) is 482 cm³/mol. The molecule has 3 saturated heterocycles. The van der Waals surface area contributed by atoms with Gasteiger partial charge in [-0.05, 0) is 106 Å². The molecule has 0 radical (unpaired) electrons. The number of hydrogen-bond donors (Lipinski definition) is 20. The number of fused-ring (bicyclic) bond motifs is 2. The summed E-state index contributed by atoms with van der Waals surface area (Å²) in [6.45, 7) is 8.98. The Labute approximate surface area is 781 Å². The molecule has 9 atom stereocenters. The number of guanidine groups is 1. The molecule has 3 fully saturated rings. The number of rotatable bonds is 49. The topological polar surface area (TPSA) is 764 Å². The number of likely N-dealkylation sites (tertiary alicyclic amines) is 3. The molecule has 730 valence electrons. The van der Waals surface area contributed by atoms with Crippen molar-refractivity contribution in [1.82, 2.24) is 71.9 Å². The number of ether oxygens (including phenoxy) is 6. The number of benzene rings is 4. The van der Waals surface area contributed by atoms with Crippen molar-refractivity contribution in [3.63, 3.8) is 0 Å². The van der Waals surface area contributed by atoms with E-state index in [4.69, 9.17) is 56.8 Å². The van der Waals surface area contributed by atoms with Gasteiger partial charge in [-0.3, -0.25) is 87.2 Å². The van der Waals surface area contributed by atoms with Crippen molar-refractivity contribution in [2.45, 2.75) is 150 Å². The molecule has 4 aromatic carbocycles. The molecule has 24 N–H and O–H groups in total. The quantitative estimate of drug-likeness (QED) is 0.00436. The number of aliphatic carboxylic acids is 5. The van der Waals surface area contributed by atoms with Crippen LogP contribution < -0.4 is 100 Å². The van der Waals surface area contributed by atoms with E-state index < -0.39 is 224 Å². The number of cyclic esters (lactones) is 1. The molecule has 4 aliphatic rings. The van der Waals surface area contributed by atoms with Gasteiger partial charge in [0.25, 0.3) is 29.6 Å². The summed E-state index contributed by atoms with van der Waals surface area (Å²) in [6, 6.07) is 2.43. The smallest absolute Gasteiger partial charge is 0.345 e. The molecule has 0 spiro atoms. The second-order valence-corrected chi connectivity index (χ2v) is 33.0. The standard InChI is InChI=1S/C86H101N21O29S/c1-40-18-21-105(37-40)78(123)46-27-59(131-3)61(29-49(46)87)133-23-6-5-7-24-134-62-30-50(88)47(28-60(62)132-4)79(124)107-38-41(2)25-57(107)84-135-58-16-14-44(26-48(58)83(130)136-84)95-65(109)19-22-106-66(110)34-63(80(106)125)137-39-56(82(128)129)102-76(121)55(33-69(115)116)101-75(120)54(32-68(113)114)100-73(118)51(9-8-20-92-85(89)90)98-74(119)53(31-67(111)112)97-64(108)17-15-52(81(126)127)99-72(117)42-10-12-43(13-11-42)93-35-45-36-94-71-70(96-45)77(122)104-86(91)103-71/h10-14,16,26-30,36,51-57,63,84,93H,1-2,5-9,15,17-25,31-35,37-39,87-88H2,3-4H3,(H,95,109)(H,97,108)(H,98,119)(H,99,117)(H,100,118)(H,101,120)(H,102,121)(H,111,112)(H,113,114)(H,115,116)(H,126,127)(H,128,129)(H4,89,90,92)(H3,91,94,103,104,122)/t51-,52-,53-,54-,55-,56-,57-,63?,84?/m0/s1. The SMILES string of the molecule is C=C1CCN(C(=O)c2cc(OC)c(OCCCCCOc3cc(N)c(C(=O)N4CC(=C)C[C@H]4C4OC(=O)c5cc(NC(=O)CCN6C(=O)CC(SC[C@H](NC(=O)[C@H](CC(=O)O)NC(=O)[C@H](CC(=O)O)NC(=O)[C@H](CCCNC(=N)N)NC(=O)[C@H](CC(=O)O)NC(=O)CC[C@H](NC(=O)c7ccc(NCc8cnc9nc(N)[nH]c(=O)c9n8)cc7)C(=O)O)C(=O)O)C6=O)ccc5O4)cc3OC)cc2N)C1. The number of aromatic amines is 1. The van der Waals surface area contributed by atoms with Gasteiger partial charge >= 0.3 is 35.8 Å². The molecule has 2 aromatic heterocycles. The third-order valence-electron chi connectivity index (χ3n) is 21.6. The number of carbonyl (C=O) groups excluding carboxylic acids is 12. The van der Waals surface area contributed by atoms with Gasteiger partial charge in [0.2, 0.25) is 53.2 Å². The number of thioether (sulfide) groups is 1. The molecule has 0 aliphatic carbocycles. The monoisotopic (exact) mass is 1920 g/mol. The Balaban J connectivity index is 0.673. The lowest BCUT2D eigenvalue weighted by Gasteiger charge is -2.34. The van der Waals surface area contributed by atoms with Gasteiger partial charge in [-0.2, -0.15) is 4.98 Å². The number of H-pyrrole nitrogens is 1. The van der Waals surface area contributed by atoms with Crippen LogP contribution in [-0.4, -0.2) is 287 Å². The Morgan fingerprint density at radius 2 is 1.20 bits per heavy atom. The highest BCUT2D eigenvalue weighted by Crippen LogP contribution is 2.40. The summed E-state index contributed by atoms with van der Waals surface area (Å²) in [5, 5.41) is 76.6. The van der Waals surface area contributed by atoms with E-state index in [1.165, 1.54) is 79.9 Å². The van der Waals surface area contributed by atoms with Crippen LogP contribution in [0.25, 0.3) is 11.2 Å². The molecule has 11 amide bonds. The van der Waals surface area contributed by atoms with E-state index in [9.17, 15) is 112 Å². The van der Waals surface area contributed by atoms with E-state index in [2.05, 4.69) is 70.3 Å². The van der Waals surface area contributed by atoms with Crippen LogP contribution in [-0.2, 0) is 73.6 Å². The summed E-state index contributed by atoms with van der Waals surface area (Å²) in [7, 11) is 2.86. The number of anilines is 5. The summed E-state index contributed by atoms with van der Waals surface area (Å²) in [4.78, 5) is 256. The normalized spacial score (nSPS) is 16.2. The van der Waals surface area contributed by atoms with Crippen molar-refractivity contribution in [3.05, 3.63) is 136 Å². The second-order valence-electron chi connectivity index (χ2n) is 31.7. The number of nitrogens with one attached hydrogen (secondary N) is 11. The van der Waals surface area contributed by atoms with Gasteiger partial charge in [0, 0.05) is 98.2 Å². The van der Waals surface area contributed by atoms with Crippen molar-refractivity contribution in [2.75, 3.05) is 93.7 Å². The van der Waals surface area contributed by atoms with Gasteiger partial charge in [0.05, 0.1) is 81.5 Å². The second kappa shape index (κ2) is 47.3. The van der Waals surface area contributed by atoms with Crippen LogP contribution >= 0.6 is 11.8 Å². The summed E-state index contributed by atoms with van der Waals surface area (Å²) < 4.78 is 35.1. The number of aromatic nitrogens is 4. The summed E-state index contributed by atoms with van der Waals surface area (Å²) in [5.74, 6) is -21.0. The number of methoxy groups -OCH3 is 2. The van der Waals surface area contributed by atoms with Gasteiger partial charge in [-0.1, -0.05) is 24.3 Å². The van der Waals surface area contributed by atoms with Crippen LogP contribution in [0.5, 0.6) is 28.7 Å². The molecule has 0 saturated carbocycles. The maximum absolute atomic E-state index is 14.4. The number of nitrogen functional groups attached to an aromatic ring is 3. The highest BCUT2D eigenvalue weighted by molar-refractivity contribution is 8.00. The number of nitrogens with two attached hydrogens (primary N) is 4. The van der Waals surface area contributed by atoms with Crippen molar-refractivity contribution < 1.29 is 135 Å². The number of imide groups is 1. The lowest BCUT2D eigenvalue weighted by molar-refractivity contribution is -0.144. The highest BCUT2D eigenvalue weighted by atomic mass is 32.2. The van der Waals surface area contributed by atoms with Crippen molar-refractivity contribution in [3.8, 4) is 28.7 Å². The molecular formula is C86H101N21O29S. The molecule has 50 nitrogen and oxygen atoms in total. The first-order chi connectivity index (χ1) is 65.1. The molecule has 6 aromatic rings. The third-order valence-corrected chi connectivity index (χ3v) is 22.9. The van der Waals surface area contributed by atoms with E-state index in [1.54, 1.807) is 17.0 Å². The van der Waals surface area contributed by atoms with Crippen LogP contribution in [0.4, 0.5) is 28.7 Å². The maximum Gasteiger partial charge on any atom is 0.345 e. The third kappa shape index (κ3) is 28.3. The molecule has 10 rings (SSSR count). The minimum Gasteiger partial charge on any atom is -0.493 e. The highest BCUT2D eigenvalue weighted by Gasteiger charge is 2.46. The van der Waals surface area contributed by atoms with Crippen LogP contribution in [0.1, 0.15) is 137 Å². The first kappa shape index (κ1) is 103. The molecule has 6 heterocycles. The number of carbonyl (C=O) groups is 17. The van der Waals surface area contributed by atoms with E-state index in [0.717, 1.165) is 16.9 Å². The Bertz CT molecular complexity index is 5800. The zero-order valence-electron chi connectivity index (χ0n) is 73.7. The van der Waals surface area contributed by atoms with Crippen molar-refractivity contribution in [2.24, 2.45) is 5.73 Å². The zero-order valence-corrected chi connectivity index (χ0v) is 74.6. The van der Waals surface area contributed by atoms with Gasteiger partial charge in [0.1, 0.15) is 53.6 Å². The molecule has 137 heavy (non-hydrogen) atoms. The Morgan fingerprint density at radius 1 is 0.620 bits per heavy atom. The average molecular weight is 1920 g/mol. The lowest BCUT2D eigenvalue weighted by Crippen LogP contribution is -2.59. The van der Waals surface area contributed by atoms with Gasteiger partial charge in [-0.15, -0.1) is 11.8 Å². The van der Waals surface area contributed by atoms with Crippen molar-refractivity contribution >= 4 is 158 Å². The van der Waals surface area contributed by atoms with E-state index in [0.29, 0.717) is 84.7 Å². The van der Waals surface area contributed by atoms with E-state index >= 15 is 0 Å². The van der Waals surface area contributed by atoms with Crippen LogP contribution in [0.3, 0.4) is 0 Å². The van der Waals surface area contributed by atoms with Gasteiger partial charge < -0.3 is 135 Å². The Morgan fingerprint density at radius 3 is 1.77 bits per heavy atom. The molecule has 4 aliphatic heterocycles. The fraction of sp³-hybridized carbons (Fsp3) is 0.395. The first-order valence-corrected chi connectivity index (χ1v) is 43.5. The Kier molecular flexibility index (Phi) is 35.4. The van der Waals surface area contributed by atoms with Crippen LogP contribution in [0.15, 0.2) is 102 Å². The van der Waals surface area contributed by atoms with Gasteiger partial charge in [-0.25, -0.2) is 24.4 Å². The fourth-order valence-corrected chi connectivity index (χ4v) is 15.8. The van der Waals surface area contributed by atoms with E-state index in [1.807, 2.05) is 10.6 Å². The Hall–Kier alpha value is -16.4. The number of amides is 11. The largest absolute Gasteiger partial charge is 0.493 e. The predicted octanol–water partition coefficient (Wildman–Crippen LogP) is -0.486. The minimum atomic E-state index is -2.27. The molecular weight excluding hydrogens is 1820 g/mol. The summed E-state index contributed by atoms with van der Waals surface area (Å²) in [6.07, 6.45) is -4.24. The molecule has 51 heteroatoms. The maximum atomic E-state index is 14.4. The molecule has 2 unspecified atom stereocenters. The number of carboxylic acids is 5. The summed E-state index contributed by atoms with van der Waals surface area (Å²) >= 11 is 0.558. The first-order valence-electron chi connectivity index (χ1n) is 42.4. The lowest BCUT2D eigenvalue weighted by atomic mass is 10.1. The van der Waals surface area contributed by atoms with E-state index in [-0.39, 0.29) is 113 Å². The van der Waals surface area contributed by atoms with Crippen LogP contribution in [0.2, 0.25) is 0 Å². The van der Waals surface area contributed by atoms with Gasteiger partial charge in [0.15, 0.2) is 40.1 Å². The number of hydrogen-bond acceptors (Lipinski definition) is 33. The number of unbranched alkanes of at least 4 members (excludes halogenated alkanes) is 2. The number of carboxylic acid groups (broad SMARTS) is 5. The average Bonchev–Trinajstić information content (AvgIpc) is 1.68. The molecule has 0 bridgehead atoms. The van der Waals surface area contributed by atoms with Crippen LogP contribution in [0, 0.1) is 5.41 Å². The van der Waals surface area contributed by atoms with Crippen molar-refractivity contribution in [1.29, 1.82) is 5.41 Å². The minimum absolute atomic E-state index is 0.0162.